The molecule has 0 radical (unpaired) electrons. The van der Waals surface area contributed by atoms with Crippen LogP contribution in [0, 0.1) is 5.41 Å². The van der Waals surface area contributed by atoms with Gasteiger partial charge >= 0.3 is 5.97 Å². The normalized spacial score (nSPS) is 22.9. The molecule has 0 spiro atoms. The average Bonchev–Trinajstić information content (AvgIpc) is 2.82. The number of ether oxygens (including phenoxy) is 1. The van der Waals surface area contributed by atoms with Crippen molar-refractivity contribution in [2.45, 2.75) is 37.9 Å². The van der Waals surface area contributed by atoms with Crippen molar-refractivity contribution in [3.05, 3.63) is 108 Å². The highest BCUT2D eigenvalue weighted by Gasteiger charge is 2.58. The zero-order chi connectivity index (χ0) is 21.9. The standard InChI is InChI=1S/C27H26O4/c1-26(30,22-15-9-4-10-16-22)27(19-23(28)20-11-5-2-6-12-20)18-17-24(31-25(27)29)21-13-7-3-8-14-21/h2-16,24,30H,17-19H2,1H3. The van der Waals surface area contributed by atoms with Crippen molar-refractivity contribution in [1.29, 1.82) is 0 Å². The molecule has 0 aromatic heterocycles. The summed E-state index contributed by atoms with van der Waals surface area (Å²) >= 11 is 0. The van der Waals surface area contributed by atoms with E-state index in [9.17, 15) is 14.7 Å². The molecular weight excluding hydrogens is 388 g/mol. The molecule has 158 valence electrons. The number of aliphatic hydroxyl groups is 1. The summed E-state index contributed by atoms with van der Waals surface area (Å²) in [5.41, 5.74) is -0.933. The molecule has 1 aliphatic rings. The van der Waals surface area contributed by atoms with Crippen molar-refractivity contribution < 1.29 is 19.4 Å². The Morgan fingerprint density at radius 1 is 0.968 bits per heavy atom. The van der Waals surface area contributed by atoms with E-state index in [2.05, 4.69) is 0 Å². The highest BCUT2D eigenvalue weighted by Crippen LogP contribution is 2.52. The summed E-state index contributed by atoms with van der Waals surface area (Å²) < 4.78 is 5.88. The van der Waals surface area contributed by atoms with Gasteiger partial charge in [0.15, 0.2) is 5.78 Å². The summed E-state index contributed by atoms with van der Waals surface area (Å²) in [7, 11) is 0. The molecule has 31 heavy (non-hydrogen) atoms. The van der Waals surface area contributed by atoms with Gasteiger partial charge in [0.1, 0.15) is 17.1 Å². The van der Waals surface area contributed by atoms with Crippen LogP contribution in [0.3, 0.4) is 0 Å². The van der Waals surface area contributed by atoms with Crippen LogP contribution in [0.5, 0.6) is 0 Å². The quantitative estimate of drug-likeness (QED) is 0.443. The molecule has 1 heterocycles. The molecule has 3 unspecified atom stereocenters. The average molecular weight is 415 g/mol. The molecule has 0 bridgehead atoms. The van der Waals surface area contributed by atoms with Crippen molar-refractivity contribution in [1.82, 2.24) is 0 Å². The third kappa shape index (κ3) is 3.91. The van der Waals surface area contributed by atoms with Crippen LogP contribution in [0.4, 0.5) is 0 Å². The molecule has 1 fully saturated rings. The molecule has 0 saturated carbocycles. The van der Waals surface area contributed by atoms with Crippen molar-refractivity contribution in [3.63, 3.8) is 0 Å². The van der Waals surface area contributed by atoms with Gasteiger partial charge in [0.05, 0.1) is 0 Å². The van der Waals surface area contributed by atoms with Crippen LogP contribution >= 0.6 is 0 Å². The van der Waals surface area contributed by atoms with E-state index < -0.39 is 17.0 Å². The topological polar surface area (TPSA) is 63.6 Å². The molecule has 1 aliphatic heterocycles. The maximum Gasteiger partial charge on any atom is 0.316 e. The molecule has 3 aromatic rings. The van der Waals surface area contributed by atoms with E-state index in [-0.39, 0.29) is 18.3 Å². The van der Waals surface area contributed by atoms with Crippen LogP contribution in [-0.2, 0) is 15.1 Å². The van der Waals surface area contributed by atoms with Crippen molar-refractivity contribution in [2.75, 3.05) is 0 Å². The largest absolute Gasteiger partial charge is 0.457 e. The SMILES string of the molecule is CC(O)(c1ccccc1)C1(CC(=O)c2ccccc2)CCC(c2ccccc2)OC1=O. The van der Waals surface area contributed by atoms with Gasteiger partial charge in [-0.2, -0.15) is 0 Å². The Balaban J connectivity index is 1.72. The highest BCUT2D eigenvalue weighted by molar-refractivity contribution is 5.99. The third-order valence-corrected chi connectivity index (χ3v) is 6.47. The van der Waals surface area contributed by atoms with Gasteiger partial charge in [-0.15, -0.1) is 0 Å². The number of esters is 1. The molecule has 4 rings (SSSR count). The number of Topliss-reactive ketones (excluding diaryl/α,β-unsaturated/α-hetero) is 1. The van der Waals surface area contributed by atoms with Gasteiger partial charge in [-0.1, -0.05) is 91.0 Å². The number of carbonyl (C=O) groups is 2. The van der Waals surface area contributed by atoms with Crippen LogP contribution in [-0.4, -0.2) is 16.9 Å². The Kier molecular flexibility index (Phi) is 5.75. The fourth-order valence-corrected chi connectivity index (χ4v) is 4.50. The van der Waals surface area contributed by atoms with E-state index in [1.807, 2.05) is 54.6 Å². The maximum absolute atomic E-state index is 13.6. The van der Waals surface area contributed by atoms with Crippen LogP contribution in [0.1, 0.15) is 53.8 Å². The van der Waals surface area contributed by atoms with Crippen molar-refractivity contribution in [2.24, 2.45) is 5.41 Å². The summed E-state index contributed by atoms with van der Waals surface area (Å²) in [5.74, 6) is -0.724. The predicted molar refractivity (Wildman–Crippen MR) is 118 cm³/mol. The van der Waals surface area contributed by atoms with Gasteiger partial charge < -0.3 is 9.84 Å². The zero-order valence-electron chi connectivity index (χ0n) is 17.5. The van der Waals surface area contributed by atoms with Crippen molar-refractivity contribution in [3.8, 4) is 0 Å². The van der Waals surface area contributed by atoms with E-state index in [1.165, 1.54) is 0 Å². The summed E-state index contributed by atoms with van der Waals surface area (Å²) in [5, 5.41) is 11.7. The van der Waals surface area contributed by atoms with Crippen LogP contribution < -0.4 is 0 Å². The second-order valence-corrected chi connectivity index (χ2v) is 8.33. The third-order valence-electron chi connectivity index (χ3n) is 6.47. The van der Waals surface area contributed by atoms with Gasteiger partial charge in [-0.3, -0.25) is 9.59 Å². The van der Waals surface area contributed by atoms with E-state index in [0.717, 1.165) is 5.56 Å². The first-order valence-electron chi connectivity index (χ1n) is 10.6. The fraction of sp³-hybridized carbons (Fsp3) is 0.259. The Morgan fingerprint density at radius 3 is 2.10 bits per heavy atom. The Morgan fingerprint density at radius 2 is 1.52 bits per heavy atom. The number of carbonyl (C=O) groups excluding carboxylic acids is 2. The number of ketones is 1. The van der Waals surface area contributed by atoms with Gasteiger partial charge in [-0.05, 0) is 30.9 Å². The lowest BCUT2D eigenvalue weighted by Crippen LogP contribution is -2.53. The molecule has 0 aliphatic carbocycles. The van der Waals surface area contributed by atoms with E-state index in [4.69, 9.17) is 4.74 Å². The van der Waals surface area contributed by atoms with Crippen molar-refractivity contribution >= 4 is 11.8 Å². The van der Waals surface area contributed by atoms with Gasteiger partial charge in [-0.25, -0.2) is 0 Å². The molecule has 4 nitrogen and oxygen atoms in total. The summed E-state index contributed by atoms with van der Waals surface area (Å²) in [6.45, 7) is 1.62. The smallest absolute Gasteiger partial charge is 0.316 e. The monoisotopic (exact) mass is 414 g/mol. The highest BCUT2D eigenvalue weighted by atomic mass is 16.5. The summed E-state index contributed by atoms with van der Waals surface area (Å²) in [4.78, 5) is 26.7. The molecule has 0 amide bonds. The number of cyclic esters (lactones) is 1. The number of hydrogen-bond acceptors (Lipinski definition) is 4. The second kappa shape index (κ2) is 8.48. The maximum atomic E-state index is 13.6. The molecular formula is C27H26O4. The first kappa shape index (κ1) is 21.0. The van der Waals surface area contributed by atoms with E-state index >= 15 is 0 Å². The first-order chi connectivity index (χ1) is 14.9. The summed E-state index contributed by atoms with van der Waals surface area (Å²) in [6.07, 6.45) is 0.353. The van der Waals surface area contributed by atoms with Gasteiger partial charge in [0.25, 0.3) is 0 Å². The number of benzene rings is 3. The lowest BCUT2D eigenvalue weighted by Gasteiger charge is -2.47. The zero-order valence-corrected chi connectivity index (χ0v) is 17.5. The second-order valence-electron chi connectivity index (χ2n) is 8.33. The van der Waals surface area contributed by atoms with Crippen LogP contribution in [0.25, 0.3) is 0 Å². The van der Waals surface area contributed by atoms with Crippen LogP contribution in [0.2, 0.25) is 0 Å². The molecule has 1 N–H and O–H groups in total. The van der Waals surface area contributed by atoms with E-state index in [0.29, 0.717) is 24.0 Å². The predicted octanol–water partition coefficient (Wildman–Crippen LogP) is 5.23. The van der Waals surface area contributed by atoms with Crippen LogP contribution in [0.15, 0.2) is 91.0 Å². The van der Waals surface area contributed by atoms with Gasteiger partial charge in [0.2, 0.25) is 0 Å². The molecule has 4 heteroatoms. The lowest BCUT2D eigenvalue weighted by atomic mass is 9.62. The Labute approximate surface area is 182 Å². The number of hydrogen-bond donors (Lipinski definition) is 1. The number of rotatable bonds is 6. The summed E-state index contributed by atoms with van der Waals surface area (Å²) in [6, 6.07) is 27.5. The molecule has 3 atom stereocenters. The lowest BCUT2D eigenvalue weighted by molar-refractivity contribution is -0.194. The minimum Gasteiger partial charge on any atom is -0.457 e. The fourth-order valence-electron chi connectivity index (χ4n) is 4.50. The van der Waals surface area contributed by atoms with Gasteiger partial charge in [0, 0.05) is 12.0 Å². The first-order valence-corrected chi connectivity index (χ1v) is 10.6. The van der Waals surface area contributed by atoms with E-state index in [1.54, 1.807) is 43.3 Å². The minimum atomic E-state index is -1.57. The minimum absolute atomic E-state index is 0.126. The molecule has 3 aromatic carbocycles. The molecule has 1 saturated heterocycles. The Bertz CT molecular complexity index is 1040. The Hall–Kier alpha value is -3.24.